The van der Waals surface area contributed by atoms with Crippen LogP contribution in [0.3, 0.4) is 0 Å². The zero-order valence-electron chi connectivity index (χ0n) is 13.4. The minimum Gasteiger partial charge on any atom is -0.382 e. The first-order valence-corrected chi connectivity index (χ1v) is 8.37. The monoisotopic (exact) mass is 306 g/mol. The Labute approximate surface area is 137 Å². The highest BCUT2D eigenvalue weighted by Gasteiger charge is 2.24. The number of hydrogen-bond donors (Lipinski definition) is 1. The number of aliphatic hydroxyl groups is 1. The Kier molecular flexibility index (Phi) is 3.76. The zero-order valence-corrected chi connectivity index (χ0v) is 13.4. The summed E-state index contributed by atoms with van der Waals surface area (Å²) in [5, 5.41) is 10.8. The number of piperidine rings is 1. The summed E-state index contributed by atoms with van der Waals surface area (Å²) in [5.74, 6) is 0.506. The van der Waals surface area contributed by atoms with Gasteiger partial charge >= 0.3 is 0 Å². The van der Waals surface area contributed by atoms with Gasteiger partial charge in [0.15, 0.2) is 0 Å². The third-order valence-electron chi connectivity index (χ3n) is 5.11. The van der Waals surface area contributed by atoms with E-state index in [1.807, 2.05) is 24.3 Å². The zero-order chi connectivity index (χ0) is 15.8. The molecule has 1 aromatic carbocycles. The molecule has 0 amide bonds. The van der Waals surface area contributed by atoms with Crippen LogP contribution in [0.2, 0.25) is 0 Å². The normalized spacial score (nSPS) is 21.6. The molecule has 0 bridgehead atoms. The van der Waals surface area contributed by atoms with Crippen LogP contribution in [0.15, 0.2) is 36.4 Å². The molecule has 1 aromatic heterocycles. The van der Waals surface area contributed by atoms with Crippen molar-refractivity contribution in [3.63, 3.8) is 0 Å². The summed E-state index contributed by atoms with van der Waals surface area (Å²) in [6, 6.07) is 12.3. The summed E-state index contributed by atoms with van der Waals surface area (Å²) < 4.78 is 0. The van der Waals surface area contributed by atoms with E-state index in [-0.39, 0.29) is 0 Å². The van der Waals surface area contributed by atoms with Gasteiger partial charge in [0.05, 0.1) is 5.69 Å². The Morgan fingerprint density at radius 3 is 2.57 bits per heavy atom. The van der Waals surface area contributed by atoms with Crippen molar-refractivity contribution in [1.82, 2.24) is 9.88 Å². The third-order valence-corrected chi connectivity index (χ3v) is 5.11. The van der Waals surface area contributed by atoms with Crippen LogP contribution in [0.25, 0.3) is 12.2 Å². The molecule has 1 atom stereocenters. The van der Waals surface area contributed by atoms with Crippen molar-refractivity contribution in [2.24, 2.45) is 0 Å². The highest BCUT2D eigenvalue weighted by atomic mass is 16.3. The molecule has 1 aliphatic carbocycles. The van der Waals surface area contributed by atoms with Gasteiger partial charge in [-0.25, -0.2) is 0 Å². The van der Waals surface area contributed by atoms with E-state index in [0.717, 1.165) is 54.0 Å². The lowest BCUT2D eigenvalue weighted by Crippen LogP contribution is -2.29. The fraction of sp³-hybridized carbons (Fsp3) is 0.350. The molecular weight excluding hydrogens is 284 g/mol. The first-order chi connectivity index (χ1) is 11.2. The van der Waals surface area contributed by atoms with Crippen LogP contribution < -0.4 is 0 Å². The van der Waals surface area contributed by atoms with Crippen molar-refractivity contribution in [2.45, 2.75) is 24.9 Å². The van der Waals surface area contributed by atoms with E-state index in [2.05, 4.69) is 36.2 Å². The first-order valence-electron chi connectivity index (χ1n) is 8.37. The maximum Gasteiger partial charge on any atom is 0.122 e. The van der Waals surface area contributed by atoms with Crippen LogP contribution in [0.1, 0.15) is 52.9 Å². The minimum atomic E-state index is -0.651. The van der Waals surface area contributed by atoms with E-state index in [9.17, 15) is 5.11 Å². The van der Waals surface area contributed by atoms with E-state index in [4.69, 9.17) is 4.98 Å². The number of rotatable bonds is 1. The molecule has 1 N–H and O–H groups in total. The Morgan fingerprint density at radius 1 is 1.00 bits per heavy atom. The summed E-state index contributed by atoms with van der Waals surface area (Å²) in [5.41, 5.74) is 4.95. The summed E-state index contributed by atoms with van der Waals surface area (Å²) in [6.07, 6.45) is 5.77. The number of nitrogens with zero attached hydrogens (tertiary/aromatic N) is 2. The number of pyridine rings is 1. The third kappa shape index (κ3) is 2.71. The maximum absolute atomic E-state index is 10.8. The van der Waals surface area contributed by atoms with Gasteiger partial charge in [-0.05, 0) is 55.7 Å². The number of benzene rings is 1. The highest BCUT2D eigenvalue weighted by molar-refractivity contribution is 5.75. The predicted molar refractivity (Wildman–Crippen MR) is 93.1 cm³/mol. The fourth-order valence-corrected chi connectivity index (χ4v) is 3.63. The number of likely N-dealkylation sites (tertiary alicyclic amines) is 1. The van der Waals surface area contributed by atoms with Crippen molar-refractivity contribution in [3.8, 4) is 0 Å². The number of aliphatic hydroxyl groups excluding tert-OH is 1. The topological polar surface area (TPSA) is 36.4 Å². The standard InChI is InChI=1S/C20H22N2O/c1-22-12-10-15(11-13-22)18-9-8-16-7-6-14-4-2-3-5-17(14)20(23)19(16)21-18/h2-9,15,20,23H,10-13H2,1H3. The van der Waals surface area contributed by atoms with Gasteiger partial charge in [0, 0.05) is 11.6 Å². The number of aromatic nitrogens is 1. The number of fused-ring (bicyclic) bond motifs is 2. The van der Waals surface area contributed by atoms with Gasteiger partial charge in [0.2, 0.25) is 0 Å². The molecular formula is C20H22N2O. The average Bonchev–Trinajstić information content (AvgIpc) is 2.73. The van der Waals surface area contributed by atoms with E-state index < -0.39 is 6.10 Å². The van der Waals surface area contributed by atoms with Crippen molar-refractivity contribution >= 4 is 12.2 Å². The maximum atomic E-state index is 10.8. The molecule has 0 radical (unpaired) electrons. The lowest BCUT2D eigenvalue weighted by Gasteiger charge is -2.29. The summed E-state index contributed by atoms with van der Waals surface area (Å²) in [6.45, 7) is 2.24. The van der Waals surface area contributed by atoms with E-state index in [0.29, 0.717) is 5.92 Å². The molecule has 1 unspecified atom stereocenters. The summed E-state index contributed by atoms with van der Waals surface area (Å²) in [7, 11) is 2.17. The van der Waals surface area contributed by atoms with Crippen LogP contribution >= 0.6 is 0 Å². The van der Waals surface area contributed by atoms with E-state index in [1.54, 1.807) is 0 Å². The Bertz CT molecular complexity index is 745. The Balaban J connectivity index is 1.72. The highest BCUT2D eigenvalue weighted by Crippen LogP contribution is 2.34. The second-order valence-corrected chi connectivity index (χ2v) is 6.65. The molecule has 118 valence electrons. The lowest BCUT2D eigenvalue weighted by atomic mass is 9.92. The van der Waals surface area contributed by atoms with E-state index in [1.165, 1.54) is 0 Å². The minimum absolute atomic E-state index is 0.506. The molecule has 1 saturated heterocycles. The van der Waals surface area contributed by atoms with Gasteiger partial charge in [-0.15, -0.1) is 0 Å². The summed E-state index contributed by atoms with van der Waals surface area (Å²) in [4.78, 5) is 7.25. The predicted octanol–water partition coefficient (Wildman–Crippen LogP) is 3.46. The Morgan fingerprint density at radius 2 is 1.74 bits per heavy atom. The summed E-state index contributed by atoms with van der Waals surface area (Å²) >= 11 is 0. The van der Waals surface area contributed by atoms with E-state index >= 15 is 0 Å². The second-order valence-electron chi connectivity index (χ2n) is 6.65. The van der Waals surface area contributed by atoms with Crippen molar-refractivity contribution in [1.29, 1.82) is 0 Å². The molecule has 23 heavy (non-hydrogen) atoms. The molecule has 2 heterocycles. The van der Waals surface area contributed by atoms with Gasteiger partial charge in [-0.2, -0.15) is 0 Å². The second kappa shape index (κ2) is 5.91. The molecule has 4 rings (SSSR count). The molecule has 1 aliphatic heterocycles. The molecule has 2 aromatic rings. The van der Waals surface area contributed by atoms with Crippen LogP contribution in [0, 0.1) is 0 Å². The molecule has 3 heteroatoms. The Hall–Kier alpha value is -1.97. The first kappa shape index (κ1) is 14.6. The molecule has 3 nitrogen and oxygen atoms in total. The molecule has 2 aliphatic rings. The van der Waals surface area contributed by atoms with Crippen LogP contribution in [0.5, 0.6) is 0 Å². The van der Waals surface area contributed by atoms with Gasteiger partial charge < -0.3 is 10.0 Å². The van der Waals surface area contributed by atoms with Crippen molar-refractivity contribution in [2.75, 3.05) is 20.1 Å². The SMILES string of the molecule is CN1CCC(c2ccc3c(n2)C(O)c2ccccc2C=C3)CC1. The van der Waals surface area contributed by atoms with Crippen molar-refractivity contribution in [3.05, 3.63) is 64.5 Å². The molecule has 0 spiro atoms. The fourth-order valence-electron chi connectivity index (χ4n) is 3.63. The van der Waals surface area contributed by atoms with Crippen molar-refractivity contribution < 1.29 is 5.11 Å². The smallest absolute Gasteiger partial charge is 0.122 e. The van der Waals surface area contributed by atoms with Crippen LogP contribution in [0.4, 0.5) is 0 Å². The molecule has 0 saturated carbocycles. The van der Waals surface area contributed by atoms with Gasteiger partial charge in [-0.3, -0.25) is 4.98 Å². The van der Waals surface area contributed by atoms with Crippen LogP contribution in [-0.4, -0.2) is 35.1 Å². The number of hydrogen-bond acceptors (Lipinski definition) is 3. The molecule has 1 fully saturated rings. The average molecular weight is 306 g/mol. The van der Waals surface area contributed by atoms with Gasteiger partial charge in [-0.1, -0.05) is 42.5 Å². The van der Waals surface area contributed by atoms with Crippen LogP contribution in [-0.2, 0) is 0 Å². The lowest BCUT2D eigenvalue weighted by molar-refractivity contribution is 0.213. The van der Waals surface area contributed by atoms with Gasteiger partial charge in [0.25, 0.3) is 0 Å². The quantitative estimate of drug-likeness (QED) is 0.876. The largest absolute Gasteiger partial charge is 0.382 e. The van der Waals surface area contributed by atoms with Gasteiger partial charge in [0.1, 0.15) is 6.10 Å².